The van der Waals surface area contributed by atoms with Gasteiger partial charge in [-0.15, -0.1) is 0 Å². The number of benzene rings is 1. The highest BCUT2D eigenvalue weighted by Crippen LogP contribution is 2.25. The minimum Gasteiger partial charge on any atom is -0.198 e. The molecule has 0 aliphatic rings. The molecular formula is C10H10F2S. The molecule has 0 saturated carbocycles. The monoisotopic (exact) mass is 200 g/mol. The molecule has 0 spiro atoms. The molecule has 0 aliphatic carbocycles. The molecule has 0 aromatic heterocycles. The van der Waals surface area contributed by atoms with E-state index in [1.54, 1.807) is 12.1 Å². The molecule has 0 fully saturated rings. The number of hydrogen-bond acceptors (Lipinski definition) is 1. The van der Waals surface area contributed by atoms with Crippen molar-refractivity contribution in [2.24, 2.45) is 0 Å². The first-order valence-electron chi connectivity index (χ1n) is 3.90. The lowest BCUT2D eigenvalue weighted by atomic mass is 10.2. The molecule has 0 atom stereocenters. The van der Waals surface area contributed by atoms with Gasteiger partial charge in [-0.1, -0.05) is 36.0 Å². The Hall–Kier alpha value is -0.830. The third-order valence-corrected chi connectivity index (χ3v) is 2.19. The van der Waals surface area contributed by atoms with Crippen LogP contribution in [-0.2, 0) is 0 Å². The van der Waals surface area contributed by atoms with Crippen molar-refractivity contribution in [1.29, 1.82) is 0 Å². The van der Waals surface area contributed by atoms with Gasteiger partial charge >= 0.3 is 0 Å². The maximum atomic E-state index is 11.9. The zero-order valence-electron chi connectivity index (χ0n) is 7.21. The quantitative estimate of drug-likeness (QED) is 0.664. The summed E-state index contributed by atoms with van der Waals surface area (Å²) in [6, 6.07) is 7.05. The zero-order chi connectivity index (χ0) is 9.68. The topological polar surface area (TPSA) is 0 Å². The maximum Gasteiger partial charge on any atom is 0.288 e. The lowest BCUT2D eigenvalue weighted by Crippen LogP contribution is -1.81. The summed E-state index contributed by atoms with van der Waals surface area (Å²) >= 11 is 0.568. The fourth-order valence-corrected chi connectivity index (χ4v) is 1.45. The summed E-state index contributed by atoms with van der Waals surface area (Å²) in [5.41, 5.74) is 1.03. The normalized spacial score (nSPS) is 11.4. The first kappa shape index (κ1) is 10.3. The molecule has 0 saturated heterocycles. The zero-order valence-corrected chi connectivity index (χ0v) is 8.02. The number of alkyl halides is 2. The Kier molecular flexibility index (Phi) is 3.96. The van der Waals surface area contributed by atoms with E-state index in [2.05, 4.69) is 0 Å². The Bertz CT molecular complexity index is 277. The minimum absolute atomic E-state index is 0.568. The summed E-state index contributed by atoms with van der Waals surface area (Å²) in [6.07, 6.45) is 3.84. The van der Waals surface area contributed by atoms with Gasteiger partial charge in [0, 0.05) is 4.90 Å². The van der Waals surface area contributed by atoms with Crippen LogP contribution in [0.1, 0.15) is 12.5 Å². The SMILES string of the molecule is C/C=C/c1ccc(SC(F)F)cc1. The van der Waals surface area contributed by atoms with Gasteiger partial charge in [0.15, 0.2) is 0 Å². The van der Waals surface area contributed by atoms with Gasteiger partial charge in [0.05, 0.1) is 0 Å². The van der Waals surface area contributed by atoms with E-state index in [9.17, 15) is 8.78 Å². The molecule has 0 N–H and O–H groups in total. The summed E-state index contributed by atoms with van der Waals surface area (Å²) in [5, 5.41) is 0. The summed E-state index contributed by atoms with van der Waals surface area (Å²) in [4.78, 5) is 0.600. The van der Waals surface area contributed by atoms with Crippen LogP contribution in [0.25, 0.3) is 6.08 Å². The molecule has 3 heteroatoms. The Morgan fingerprint density at radius 3 is 2.31 bits per heavy atom. The van der Waals surface area contributed by atoms with Crippen LogP contribution < -0.4 is 0 Å². The van der Waals surface area contributed by atoms with Crippen molar-refractivity contribution in [2.75, 3.05) is 0 Å². The molecule has 1 aromatic rings. The van der Waals surface area contributed by atoms with Crippen LogP contribution in [0.15, 0.2) is 35.2 Å². The molecule has 0 radical (unpaired) electrons. The van der Waals surface area contributed by atoms with Crippen LogP contribution in [0.4, 0.5) is 8.78 Å². The van der Waals surface area contributed by atoms with Crippen LogP contribution in [0.2, 0.25) is 0 Å². The lowest BCUT2D eigenvalue weighted by Gasteiger charge is -1.99. The van der Waals surface area contributed by atoms with Gasteiger partial charge in [-0.2, -0.15) is 8.78 Å². The van der Waals surface area contributed by atoms with Gasteiger partial charge < -0.3 is 0 Å². The van der Waals surface area contributed by atoms with Crippen LogP contribution in [0.5, 0.6) is 0 Å². The Morgan fingerprint density at radius 1 is 1.23 bits per heavy atom. The average molecular weight is 200 g/mol. The van der Waals surface area contributed by atoms with Crippen LogP contribution in [0, 0.1) is 0 Å². The van der Waals surface area contributed by atoms with Crippen molar-refractivity contribution in [1.82, 2.24) is 0 Å². The van der Waals surface area contributed by atoms with Gasteiger partial charge in [0.25, 0.3) is 5.76 Å². The summed E-state index contributed by atoms with van der Waals surface area (Å²) in [6.45, 7) is 1.92. The third kappa shape index (κ3) is 3.59. The van der Waals surface area contributed by atoms with E-state index < -0.39 is 5.76 Å². The number of thioether (sulfide) groups is 1. The van der Waals surface area contributed by atoms with E-state index >= 15 is 0 Å². The molecule has 0 unspecified atom stereocenters. The molecule has 0 heterocycles. The summed E-state index contributed by atoms with van der Waals surface area (Å²) in [7, 11) is 0. The highest BCUT2D eigenvalue weighted by atomic mass is 32.2. The van der Waals surface area contributed by atoms with Gasteiger partial charge in [0.1, 0.15) is 0 Å². The second-order valence-corrected chi connectivity index (χ2v) is 3.51. The van der Waals surface area contributed by atoms with Crippen molar-refractivity contribution >= 4 is 17.8 Å². The molecule has 0 amide bonds. The standard InChI is InChI=1S/C10H10F2S/c1-2-3-8-4-6-9(7-5-8)13-10(11)12/h2-7,10H,1H3/b3-2+. The Balaban J connectivity index is 2.69. The fraction of sp³-hybridized carbons (Fsp3) is 0.200. The van der Waals surface area contributed by atoms with Crippen molar-refractivity contribution < 1.29 is 8.78 Å². The highest BCUT2D eigenvalue weighted by molar-refractivity contribution is 7.99. The molecule has 1 aromatic carbocycles. The predicted molar refractivity (Wildman–Crippen MR) is 53.0 cm³/mol. The molecule has 0 bridgehead atoms. The van der Waals surface area contributed by atoms with Gasteiger partial charge in [0.2, 0.25) is 0 Å². The van der Waals surface area contributed by atoms with Crippen LogP contribution >= 0.6 is 11.8 Å². The van der Waals surface area contributed by atoms with Gasteiger partial charge in [-0.05, 0) is 24.6 Å². The third-order valence-electron chi connectivity index (χ3n) is 1.46. The smallest absolute Gasteiger partial charge is 0.198 e. The van der Waals surface area contributed by atoms with Crippen LogP contribution in [-0.4, -0.2) is 5.76 Å². The van der Waals surface area contributed by atoms with E-state index in [0.717, 1.165) is 5.56 Å². The second kappa shape index (κ2) is 5.02. The number of allylic oxidation sites excluding steroid dienone is 1. The fourth-order valence-electron chi connectivity index (χ4n) is 0.953. The Labute approximate surface area is 80.7 Å². The number of hydrogen-bond donors (Lipinski definition) is 0. The maximum absolute atomic E-state index is 11.9. The van der Waals surface area contributed by atoms with Crippen LogP contribution in [0.3, 0.4) is 0 Å². The molecule has 13 heavy (non-hydrogen) atoms. The van der Waals surface area contributed by atoms with E-state index in [0.29, 0.717) is 16.7 Å². The predicted octanol–water partition coefficient (Wildman–Crippen LogP) is 4.03. The van der Waals surface area contributed by atoms with E-state index in [1.165, 1.54) is 0 Å². The van der Waals surface area contributed by atoms with E-state index in [-0.39, 0.29) is 0 Å². The summed E-state index contributed by atoms with van der Waals surface area (Å²) in [5.74, 6) is -2.34. The van der Waals surface area contributed by atoms with E-state index in [1.807, 2.05) is 31.2 Å². The first-order valence-corrected chi connectivity index (χ1v) is 4.78. The second-order valence-electron chi connectivity index (χ2n) is 2.45. The number of halogens is 2. The average Bonchev–Trinajstić information content (AvgIpc) is 2.08. The van der Waals surface area contributed by atoms with Crippen molar-refractivity contribution in [3.63, 3.8) is 0 Å². The lowest BCUT2D eigenvalue weighted by molar-refractivity contribution is 0.252. The molecule has 70 valence electrons. The van der Waals surface area contributed by atoms with Gasteiger partial charge in [-0.25, -0.2) is 0 Å². The number of rotatable bonds is 3. The largest absolute Gasteiger partial charge is 0.288 e. The first-order chi connectivity index (χ1) is 6.22. The highest BCUT2D eigenvalue weighted by Gasteiger charge is 2.03. The molecular weight excluding hydrogens is 190 g/mol. The minimum atomic E-state index is -2.34. The molecule has 0 nitrogen and oxygen atoms in total. The van der Waals surface area contributed by atoms with Gasteiger partial charge in [-0.3, -0.25) is 0 Å². The van der Waals surface area contributed by atoms with Crippen molar-refractivity contribution in [3.05, 3.63) is 35.9 Å². The van der Waals surface area contributed by atoms with E-state index in [4.69, 9.17) is 0 Å². The molecule has 0 aliphatic heterocycles. The van der Waals surface area contributed by atoms with Crippen molar-refractivity contribution in [3.8, 4) is 0 Å². The van der Waals surface area contributed by atoms with Crippen molar-refractivity contribution in [2.45, 2.75) is 17.6 Å². The summed E-state index contributed by atoms with van der Waals surface area (Å²) < 4.78 is 23.8. The Morgan fingerprint density at radius 2 is 1.85 bits per heavy atom. The molecule has 1 rings (SSSR count).